The first-order valence-corrected chi connectivity index (χ1v) is 3.29. The predicted molar refractivity (Wildman–Crippen MR) is 37.0 cm³/mol. The van der Waals surface area contributed by atoms with Gasteiger partial charge in [0.2, 0.25) is 0 Å². The quantitative estimate of drug-likeness (QED) is 0.474. The van der Waals surface area contributed by atoms with Crippen LogP contribution in [0.1, 0.15) is 11.3 Å². The van der Waals surface area contributed by atoms with Crippen molar-refractivity contribution in [3.05, 3.63) is 17.5 Å². The van der Waals surface area contributed by atoms with E-state index in [9.17, 15) is 4.79 Å². The summed E-state index contributed by atoms with van der Waals surface area (Å²) in [6.45, 7) is 2.66. The van der Waals surface area contributed by atoms with Crippen LogP contribution in [0.2, 0.25) is 0 Å². The van der Waals surface area contributed by atoms with Crippen molar-refractivity contribution in [2.24, 2.45) is 0 Å². The molecule has 1 aromatic heterocycles. The summed E-state index contributed by atoms with van der Waals surface area (Å²) in [4.78, 5) is 9.76. The summed E-state index contributed by atoms with van der Waals surface area (Å²) >= 11 is 0. The largest absolute Gasteiger partial charge is 0.468 e. The molecule has 0 aromatic carbocycles. The van der Waals surface area contributed by atoms with Crippen molar-refractivity contribution in [3.8, 4) is 0 Å². The van der Waals surface area contributed by atoms with Crippen molar-refractivity contribution >= 4 is 6.47 Å². The lowest BCUT2D eigenvalue weighted by atomic mass is 10.2. The molecule has 1 aromatic rings. The predicted octanol–water partition coefficient (Wildman–Crippen LogP) is 0.699. The molecule has 0 aliphatic carbocycles. The monoisotopic (exact) mass is 155 g/mol. The van der Waals surface area contributed by atoms with Crippen LogP contribution in [0, 0.1) is 6.92 Å². The second-order valence-corrected chi connectivity index (χ2v) is 2.14. The van der Waals surface area contributed by atoms with Crippen LogP contribution in [0.5, 0.6) is 0 Å². The second-order valence-electron chi connectivity index (χ2n) is 2.14. The van der Waals surface area contributed by atoms with Crippen molar-refractivity contribution in [1.82, 2.24) is 5.16 Å². The zero-order chi connectivity index (χ0) is 8.10. The molecule has 0 aliphatic rings. The Kier molecular flexibility index (Phi) is 2.66. The van der Waals surface area contributed by atoms with Gasteiger partial charge in [0.15, 0.2) is 0 Å². The number of hydrogen-bond donors (Lipinski definition) is 0. The molecule has 60 valence electrons. The first-order valence-electron chi connectivity index (χ1n) is 3.29. The van der Waals surface area contributed by atoms with Gasteiger partial charge in [0.05, 0.1) is 12.3 Å². The summed E-state index contributed by atoms with van der Waals surface area (Å²) < 4.78 is 9.19. The Labute approximate surface area is 64.1 Å². The average Bonchev–Trinajstić information content (AvgIpc) is 2.37. The van der Waals surface area contributed by atoms with Crippen LogP contribution >= 0.6 is 0 Å². The minimum absolute atomic E-state index is 0.381. The van der Waals surface area contributed by atoms with E-state index in [0.717, 1.165) is 11.3 Å². The van der Waals surface area contributed by atoms with Crippen molar-refractivity contribution in [2.45, 2.75) is 13.3 Å². The highest BCUT2D eigenvalue weighted by atomic mass is 16.5. The Bertz CT molecular complexity index is 231. The molecule has 0 spiro atoms. The number of carbonyl (C=O) groups excluding carboxylic acids is 1. The summed E-state index contributed by atoms with van der Waals surface area (Å²) in [5.74, 6) is 0. The number of carbonyl (C=O) groups is 1. The van der Waals surface area contributed by atoms with E-state index < -0.39 is 0 Å². The Morgan fingerprint density at radius 3 is 3.18 bits per heavy atom. The van der Waals surface area contributed by atoms with Crippen molar-refractivity contribution in [1.29, 1.82) is 0 Å². The van der Waals surface area contributed by atoms with Crippen molar-refractivity contribution in [3.63, 3.8) is 0 Å². The zero-order valence-electron chi connectivity index (χ0n) is 6.24. The molecule has 4 heteroatoms. The Hall–Kier alpha value is -1.32. The van der Waals surface area contributed by atoms with Crippen LogP contribution < -0.4 is 0 Å². The SMILES string of the molecule is Cc1nocc1CCOC=O. The van der Waals surface area contributed by atoms with Crippen molar-refractivity contribution < 1.29 is 14.1 Å². The highest BCUT2D eigenvalue weighted by molar-refractivity contribution is 5.36. The molecule has 1 heterocycles. The average molecular weight is 155 g/mol. The number of hydrogen-bond acceptors (Lipinski definition) is 4. The van der Waals surface area contributed by atoms with Crippen LogP contribution in [0.4, 0.5) is 0 Å². The zero-order valence-corrected chi connectivity index (χ0v) is 6.24. The molecular formula is C7H9NO3. The summed E-state index contributed by atoms with van der Waals surface area (Å²) in [7, 11) is 0. The van der Waals surface area contributed by atoms with E-state index in [2.05, 4.69) is 14.4 Å². The van der Waals surface area contributed by atoms with Crippen LogP contribution in [-0.2, 0) is 16.0 Å². The number of rotatable bonds is 4. The third kappa shape index (κ3) is 2.07. The van der Waals surface area contributed by atoms with E-state index >= 15 is 0 Å². The topological polar surface area (TPSA) is 52.3 Å². The standard InChI is InChI=1S/C7H9NO3/c1-6-7(4-11-8-6)2-3-10-5-9/h4-5H,2-3H2,1H3. The molecule has 0 bridgehead atoms. The molecule has 0 unspecified atom stereocenters. The second kappa shape index (κ2) is 3.75. The maximum atomic E-state index is 9.76. The fourth-order valence-electron chi connectivity index (χ4n) is 0.770. The van der Waals surface area contributed by atoms with Gasteiger partial charge >= 0.3 is 0 Å². The van der Waals surface area contributed by atoms with E-state index in [1.807, 2.05) is 6.92 Å². The molecule has 0 fully saturated rings. The molecular weight excluding hydrogens is 146 g/mol. The molecule has 0 saturated carbocycles. The Morgan fingerprint density at radius 1 is 1.82 bits per heavy atom. The molecule has 0 amide bonds. The van der Waals surface area contributed by atoms with Crippen LogP contribution in [0.25, 0.3) is 0 Å². The van der Waals surface area contributed by atoms with Gasteiger partial charge in [0, 0.05) is 12.0 Å². The van der Waals surface area contributed by atoms with Gasteiger partial charge in [0.25, 0.3) is 6.47 Å². The minimum Gasteiger partial charge on any atom is -0.468 e. The minimum atomic E-state index is 0.381. The lowest BCUT2D eigenvalue weighted by Gasteiger charge is -1.94. The number of aryl methyl sites for hydroxylation is 1. The molecule has 0 atom stereocenters. The smallest absolute Gasteiger partial charge is 0.293 e. The van der Waals surface area contributed by atoms with Gasteiger partial charge in [-0.05, 0) is 6.92 Å². The van der Waals surface area contributed by atoms with Gasteiger partial charge in [-0.15, -0.1) is 0 Å². The fourth-order valence-corrected chi connectivity index (χ4v) is 0.770. The van der Waals surface area contributed by atoms with Crippen LogP contribution in [-0.4, -0.2) is 18.2 Å². The molecule has 0 radical (unpaired) electrons. The normalized spacial score (nSPS) is 9.55. The van der Waals surface area contributed by atoms with E-state index in [4.69, 9.17) is 0 Å². The molecule has 0 saturated heterocycles. The third-order valence-corrected chi connectivity index (χ3v) is 1.41. The highest BCUT2D eigenvalue weighted by Gasteiger charge is 2.01. The van der Waals surface area contributed by atoms with Crippen LogP contribution in [0.15, 0.2) is 10.8 Å². The van der Waals surface area contributed by atoms with Gasteiger partial charge < -0.3 is 9.26 Å². The van der Waals surface area contributed by atoms with E-state index in [0.29, 0.717) is 19.5 Å². The first kappa shape index (κ1) is 7.78. The molecule has 4 nitrogen and oxygen atoms in total. The molecule has 11 heavy (non-hydrogen) atoms. The van der Waals surface area contributed by atoms with E-state index in [-0.39, 0.29) is 0 Å². The van der Waals surface area contributed by atoms with E-state index in [1.54, 1.807) is 6.26 Å². The van der Waals surface area contributed by atoms with Gasteiger partial charge in [-0.25, -0.2) is 0 Å². The summed E-state index contributed by atoms with van der Waals surface area (Å²) in [5.41, 5.74) is 1.83. The Morgan fingerprint density at radius 2 is 2.64 bits per heavy atom. The van der Waals surface area contributed by atoms with Gasteiger partial charge in [-0.3, -0.25) is 4.79 Å². The van der Waals surface area contributed by atoms with E-state index in [1.165, 1.54) is 0 Å². The molecule has 0 N–H and O–H groups in total. The van der Waals surface area contributed by atoms with Gasteiger partial charge in [-0.1, -0.05) is 5.16 Å². The van der Waals surface area contributed by atoms with Crippen molar-refractivity contribution in [2.75, 3.05) is 6.61 Å². The fraction of sp³-hybridized carbons (Fsp3) is 0.429. The van der Waals surface area contributed by atoms with Crippen LogP contribution in [0.3, 0.4) is 0 Å². The summed E-state index contributed by atoms with van der Waals surface area (Å²) in [5, 5.41) is 3.68. The number of ether oxygens (including phenoxy) is 1. The van der Waals surface area contributed by atoms with Gasteiger partial charge in [0.1, 0.15) is 6.26 Å². The maximum Gasteiger partial charge on any atom is 0.293 e. The lowest BCUT2D eigenvalue weighted by molar-refractivity contribution is -0.128. The number of aromatic nitrogens is 1. The summed E-state index contributed by atoms with van der Waals surface area (Å²) in [6, 6.07) is 0. The first-order chi connectivity index (χ1) is 5.34. The van der Waals surface area contributed by atoms with Gasteiger partial charge in [-0.2, -0.15) is 0 Å². The Balaban J connectivity index is 2.38. The number of nitrogens with zero attached hydrogens (tertiary/aromatic N) is 1. The highest BCUT2D eigenvalue weighted by Crippen LogP contribution is 2.04. The lowest BCUT2D eigenvalue weighted by Crippen LogP contribution is -1.96. The summed E-state index contributed by atoms with van der Waals surface area (Å²) in [6.07, 6.45) is 2.22. The molecule has 0 aliphatic heterocycles. The molecule has 1 rings (SSSR count). The third-order valence-electron chi connectivity index (χ3n) is 1.41. The maximum absolute atomic E-state index is 9.76.